The van der Waals surface area contributed by atoms with Gasteiger partial charge in [0.25, 0.3) is 0 Å². The second kappa shape index (κ2) is 14.6. The Labute approximate surface area is 209 Å². The molecule has 1 unspecified atom stereocenters. The molecule has 5 aliphatic rings. The van der Waals surface area contributed by atoms with Crippen LogP contribution in [0.3, 0.4) is 0 Å². The third kappa shape index (κ3) is 8.45. The summed E-state index contributed by atoms with van der Waals surface area (Å²) < 4.78 is 0. The molecule has 0 saturated carbocycles. The zero-order valence-corrected chi connectivity index (χ0v) is 21.6. The molecule has 0 aromatic rings. The van der Waals surface area contributed by atoms with Crippen molar-refractivity contribution < 1.29 is 0 Å². The van der Waals surface area contributed by atoms with Gasteiger partial charge in [0.05, 0.1) is 0 Å². The molecule has 186 valence electrons. The maximum atomic E-state index is 2.76. The molecule has 0 radical (unpaired) electrons. The molecule has 0 aliphatic carbocycles. The van der Waals surface area contributed by atoms with Gasteiger partial charge in [-0.2, -0.15) is 0 Å². The first-order chi connectivity index (χ1) is 16.9. The number of hydrogen-bond acceptors (Lipinski definition) is 2. The lowest BCUT2D eigenvalue weighted by atomic mass is 9.76. The van der Waals surface area contributed by atoms with Gasteiger partial charge in [0, 0.05) is 32.4 Å². The highest BCUT2D eigenvalue weighted by atomic mass is 15.1. The molecule has 0 aromatic heterocycles. The van der Waals surface area contributed by atoms with Gasteiger partial charge in [-0.25, -0.2) is 0 Å². The minimum absolute atomic E-state index is 0.744. The molecule has 1 saturated heterocycles. The molecular weight excluding hydrogens is 412 g/mol. The molecule has 0 aromatic carbocycles. The molecule has 0 amide bonds. The lowest BCUT2D eigenvalue weighted by molar-refractivity contribution is 0.129. The zero-order chi connectivity index (χ0) is 23.3. The second-order valence-electron chi connectivity index (χ2n) is 10.9. The van der Waals surface area contributed by atoms with Crippen LogP contribution >= 0.6 is 0 Å². The SMILES string of the molecule is C1=CCCCCC[C@@H]2CN3CC/C=C/C=C\CCCCC4=CC(=CN(CC/C=C\C1)C4)[C@@H]2CC3. The van der Waals surface area contributed by atoms with Crippen LogP contribution in [0.25, 0.3) is 0 Å². The molecule has 6 bridgehead atoms. The highest BCUT2D eigenvalue weighted by molar-refractivity contribution is 5.31. The fourth-order valence-electron chi connectivity index (χ4n) is 6.19. The average Bonchev–Trinajstić information content (AvgIpc) is 2.85. The Morgan fingerprint density at radius 1 is 0.676 bits per heavy atom. The number of piperidine rings is 1. The second-order valence-corrected chi connectivity index (χ2v) is 10.9. The van der Waals surface area contributed by atoms with Crippen LogP contribution in [0.2, 0.25) is 0 Å². The van der Waals surface area contributed by atoms with Crippen LogP contribution in [0.1, 0.15) is 83.5 Å². The van der Waals surface area contributed by atoms with Gasteiger partial charge in [0.2, 0.25) is 0 Å². The molecule has 3 atom stereocenters. The van der Waals surface area contributed by atoms with E-state index in [9.17, 15) is 0 Å². The zero-order valence-electron chi connectivity index (χ0n) is 21.6. The van der Waals surface area contributed by atoms with Gasteiger partial charge in [-0.05, 0) is 94.6 Å². The van der Waals surface area contributed by atoms with Crippen molar-refractivity contribution in [2.75, 3.05) is 32.7 Å². The third-order valence-electron chi connectivity index (χ3n) is 8.10. The molecule has 5 aliphatic heterocycles. The summed E-state index contributed by atoms with van der Waals surface area (Å²) in [5.74, 6) is 1.55. The van der Waals surface area contributed by atoms with Crippen LogP contribution in [0, 0.1) is 11.8 Å². The first-order valence-electron chi connectivity index (χ1n) is 14.4. The van der Waals surface area contributed by atoms with Gasteiger partial charge in [-0.1, -0.05) is 73.1 Å². The Morgan fingerprint density at radius 3 is 2.41 bits per heavy atom. The van der Waals surface area contributed by atoms with Crippen molar-refractivity contribution in [3.05, 3.63) is 72.0 Å². The maximum absolute atomic E-state index is 2.76. The monoisotopic (exact) mass is 460 g/mol. The van der Waals surface area contributed by atoms with E-state index < -0.39 is 0 Å². The standard InChI is InChI=1S/C32H48N2/c1-2-5-10-14-18-23-34-26-29-19-15-11-7-4-6-9-13-17-22-33-24-21-32(31(25-29)28-34)30(27-33)20-16-12-8-3-1/h1-2,4,6,9-10,13-14,25,28,30,32H,3,5,7-8,11-12,15-24,26-27H2/b2-1?,6-4-,13-9+,14-10-/t30-,32-/m1/s1. The van der Waals surface area contributed by atoms with E-state index in [1.165, 1.54) is 90.3 Å². The lowest BCUT2D eigenvalue weighted by Crippen LogP contribution is -2.42. The third-order valence-corrected chi connectivity index (χ3v) is 8.10. The van der Waals surface area contributed by atoms with E-state index >= 15 is 0 Å². The highest BCUT2D eigenvalue weighted by Crippen LogP contribution is 2.37. The number of hydrogen-bond donors (Lipinski definition) is 0. The minimum atomic E-state index is 0.744. The van der Waals surface area contributed by atoms with Crippen LogP contribution in [-0.4, -0.2) is 42.5 Å². The Balaban J connectivity index is 1.55. The summed E-state index contributed by atoms with van der Waals surface area (Å²) in [7, 11) is 0. The Morgan fingerprint density at radius 2 is 1.47 bits per heavy atom. The normalized spacial score (nSPS) is 32.9. The van der Waals surface area contributed by atoms with Crippen LogP contribution in [-0.2, 0) is 0 Å². The summed E-state index contributed by atoms with van der Waals surface area (Å²) >= 11 is 0. The molecule has 1 fully saturated rings. The molecule has 0 N–H and O–H groups in total. The lowest BCUT2D eigenvalue weighted by Gasteiger charge is -2.41. The van der Waals surface area contributed by atoms with E-state index in [4.69, 9.17) is 0 Å². The molecule has 2 heteroatoms. The van der Waals surface area contributed by atoms with Crippen molar-refractivity contribution in [2.45, 2.75) is 83.5 Å². The van der Waals surface area contributed by atoms with Crippen LogP contribution in [0.5, 0.6) is 0 Å². The van der Waals surface area contributed by atoms with E-state index in [1.807, 2.05) is 0 Å². The van der Waals surface area contributed by atoms with Crippen molar-refractivity contribution in [3.63, 3.8) is 0 Å². The van der Waals surface area contributed by atoms with Crippen molar-refractivity contribution >= 4 is 0 Å². The van der Waals surface area contributed by atoms with E-state index in [-0.39, 0.29) is 0 Å². The predicted octanol–water partition coefficient (Wildman–Crippen LogP) is 7.98. The highest BCUT2D eigenvalue weighted by Gasteiger charge is 2.31. The van der Waals surface area contributed by atoms with Crippen molar-refractivity contribution in [1.29, 1.82) is 0 Å². The van der Waals surface area contributed by atoms with E-state index in [0.29, 0.717) is 0 Å². The van der Waals surface area contributed by atoms with Gasteiger partial charge in [-0.15, -0.1) is 0 Å². The van der Waals surface area contributed by atoms with E-state index in [2.05, 4.69) is 70.7 Å². The van der Waals surface area contributed by atoms with Crippen molar-refractivity contribution in [2.24, 2.45) is 11.8 Å². The smallest absolute Gasteiger partial charge is 0.0386 e. The van der Waals surface area contributed by atoms with Gasteiger partial charge in [-0.3, -0.25) is 0 Å². The Hall–Kier alpha value is -1.80. The summed E-state index contributed by atoms with van der Waals surface area (Å²) in [5.41, 5.74) is 3.33. The molecule has 0 spiro atoms. The summed E-state index contributed by atoms with van der Waals surface area (Å²) in [6.45, 7) is 6.06. The summed E-state index contributed by atoms with van der Waals surface area (Å²) in [6, 6.07) is 0. The molecule has 34 heavy (non-hydrogen) atoms. The van der Waals surface area contributed by atoms with Gasteiger partial charge in [0.15, 0.2) is 0 Å². The number of allylic oxidation sites excluding steroid dienone is 8. The van der Waals surface area contributed by atoms with Crippen LogP contribution in [0.4, 0.5) is 0 Å². The summed E-state index contributed by atoms with van der Waals surface area (Å²) in [5, 5.41) is 0. The summed E-state index contributed by atoms with van der Waals surface area (Å²) in [4.78, 5) is 5.40. The van der Waals surface area contributed by atoms with Gasteiger partial charge < -0.3 is 9.80 Å². The van der Waals surface area contributed by atoms with Gasteiger partial charge in [0.1, 0.15) is 0 Å². The van der Waals surface area contributed by atoms with Crippen molar-refractivity contribution in [1.82, 2.24) is 9.80 Å². The van der Waals surface area contributed by atoms with E-state index in [1.54, 1.807) is 11.1 Å². The Bertz CT molecular complexity index is 781. The number of rotatable bonds is 0. The topological polar surface area (TPSA) is 6.48 Å². The van der Waals surface area contributed by atoms with Crippen LogP contribution < -0.4 is 0 Å². The number of fused-ring (bicyclic) bond motifs is 9. The molecular formula is C32H48N2. The Kier molecular flexibility index (Phi) is 10.8. The largest absolute Gasteiger partial charge is 0.373 e. The fourth-order valence-corrected chi connectivity index (χ4v) is 6.19. The predicted molar refractivity (Wildman–Crippen MR) is 148 cm³/mol. The van der Waals surface area contributed by atoms with Crippen LogP contribution in [0.15, 0.2) is 72.0 Å². The summed E-state index contributed by atoms with van der Waals surface area (Å²) in [6.07, 6.45) is 40.6. The first-order valence-corrected chi connectivity index (χ1v) is 14.4. The quantitative estimate of drug-likeness (QED) is 0.338. The van der Waals surface area contributed by atoms with E-state index in [0.717, 1.165) is 37.8 Å². The van der Waals surface area contributed by atoms with Crippen molar-refractivity contribution in [3.8, 4) is 0 Å². The number of nitrogens with zero attached hydrogens (tertiary/aromatic N) is 2. The van der Waals surface area contributed by atoms with Gasteiger partial charge >= 0.3 is 0 Å². The average molecular weight is 461 g/mol. The fraction of sp³-hybridized carbons (Fsp3) is 0.625. The first kappa shape index (κ1) is 25.3. The minimum Gasteiger partial charge on any atom is -0.373 e. The molecule has 5 heterocycles. The maximum Gasteiger partial charge on any atom is 0.0386 e. The molecule has 2 nitrogen and oxygen atoms in total. The molecule has 5 rings (SSSR count).